The van der Waals surface area contributed by atoms with Crippen LogP contribution in [-0.2, 0) is 38.9 Å². The van der Waals surface area contributed by atoms with Crippen LogP contribution >= 0.6 is 0 Å². The lowest BCUT2D eigenvalue weighted by atomic mass is 9.76. The summed E-state index contributed by atoms with van der Waals surface area (Å²) in [7, 11) is 1.97. The zero-order valence-electron chi connectivity index (χ0n) is 38.0. The van der Waals surface area contributed by atoms with Gasteiger partial charge >= 0.3 is 0 Å². The van der Waals surface area contributed by atoms with Crippen molar-refractivity contribution in [3.63, 3.8) is 0 Å². The number of fused-ring (bicyclic) bond motifs is 3. The molecule has 11 N–H and O–H groups in total. The Hall–Kier alpha value is -3.98. The molecule has 3 aliphatic carbocycles. The first-order chi connectivity index (χ1) is 31.0. The van der Waals surface area contributed by atoms with Crippen molar-refractivity contribution in [1.82, 2.24) is 15.6 Å². The number of aromatic hydroxyl groups is 1. The Morgan fingerprint density at radius 1 is 0.906 bits per heavy atom. The molecule has 12 nitrogen and oxygen atoms in total. The number of aromatic amines is 1. The third-order valence-electron chi connectivity index (χ3n) is 14.2. The van der Waals surface area contributed by atoms with E-state index in [1.807, 2.05) is 62.5 Å². The number of unbranched alkanes of at least 4 members (excludes halogenated alkanes) is 3. The highest BCUT2D eigenvalue weighted by atomic mass is 16.5. The van der Waals surface area contributed by atoms with Crippen LogP contribution in [0.2, 0.25) is 0 Å². The monoisotopic (exact) mass is 883 g/mol. The highest BCUT2D eigenvalue weighted by Crippen LogP contribution is 2.49. The molecule has 1 fully saturated rings. The van der Waals surface area contributed by atoms with Crippen molar-refractivity contribution < 1.29 is 39.8 Å². The van der Waals surface area contributed by atoms with E-state index in [1.54, 1.807) is 6.07 Å². The molecule has 0 amide bonds. The standard InChI is InChI=1S/C52H74N4O8/c1-32(59)27-55-46(28-54-2)51-41-10-7-8-35(41)17-20-44-43(51)26-45(56-44)48(61)31-63-50-23-33(14-21-47(50)60)12-18-40-25-38(30-58)49(64-40)11-6-4-3-5-9-39(53)24-37-16-15-36-22-34(29-57)13-19-42(36)52(37)62/h13-16,19,21-23,25-26,32,35,37,39,41,46,48,51-52,54-62H,3-12,17-18,20,24,27-31,53H2,1-2H3. The van der Waals surface area contributed by atoms with Gasteiger partial charge in [-0.1, -0.05) is 62.5 Å². The minimum Gasteiger partial charge on any atom is -0.504 e. The normalized spacial score (nSPS) is 22.3. The summed E-state index contributed by atoms with van der Waals surface area (Å²) < 4.78 is 12.3. The quantitative estimate of drug-likeness (QED) is 0.0332. The molecule has 350 valence electrons. The molecule has 2 aromatic heterocycles. The fourth-order valence-electron chi connectivity index (χ4n) is 10.8. The molecular formula is C52H74N4O8. The van der Waals surface area contributed by atoms with Gasteiger partial charge in [0, 0.05) is 66.8 Å². The number of nitrogens with one attached hydrogen (secondary N) is 3. The van der Waals surface area contributed by atoms with Gasteiger partial charge < -0.3 is 61.1 Å². The molecular weight excluding hydrogens is 809 g/mol. The molecule has 7 rings (SSSR count). The van der Waals surface area contributed by atoms with Gasteiger partial charge in [0.2, 0.25) is 0 Å². The molecule has 0 radical (unpaired) electrons. The molecule has 2 heterocycles. The summed E-state index contributed by atoms with van der Waals surface area (Å²) in [6, 6.07) is 15.2. The van der Waals surface area contributed by atoms with Crippen LogP contribution in [0.5, 0.6) is 11.5 Å². The van der Waals surface area contributed by atoms with Gasteiger partial charge in [-0.15, -0.1) is 0 Å². The van der Waals surface area contributed by atoms with Gasteiger partial charge in [0.05, 0.1) is 25.4 Å². The Bertz CT molecular complexity index is 2110. The molecule has 0 bridgehead atoms. The summed E-state index contributed by atoms with van der Waals surface area (Å²) in [4.78, 5) is 3.57. The molecule has 64 heavy (non-hydrogen) atoms. The van der Waals surface area contributed by atoms with Gasteiger partial charge in [-0.2, -0.15) is 0 Å². The summed E-state index contributed by atoms with van der Waals surface area (Å²) in [5, 5.41) is 69.8. The molecule has 2 aromatic carbocycles. The fourth-order valence-corrected chi connectivity index (χ4v) is 10.8. The predicted molar refractivity (Wildman–Crippen MR) is 250 cm³/mol. The first-order valence-electron chi connectivity index (χ1n) is 24.0. The summed E-state index contributed by atoms with van der Waals surface area (Å²) in [5.41, 5.74) is 14.1. The van der Waals surface area contributed by atoms with Gasteiger partial charge in [-0.3, -0.25) is 0 Å². The third-order valence-corrected chi connectivity index (χ3v) is 14.2. The van der Waals surface area contributed by atoms with E-state index in [2.05, 4.69) is 21.7 Å². The lowest BCUT2D eigenvalue weighted by Gasteiger charge is -2.35. The predicted octanol–water partition coefficient (Wildman–Crippen LogP) is 6.79. The van der Waals surface area contributed by atoms with Gasteiger partial charge in [0.15, 0.2) is 11.5 Å². The van der Waals surface area contributed by atoms with Crippen molar-refractivity contribution >= 4 is 6.08 Å². The van der Waals surface area contributed by atoms with Crippen LogP contribution in [-0.4, -0.2) is 80.6 Å². The summed E-state index contributed by atoms with van der Waals surface area (Å²) >= 11 is 0. The van der Waals surface area contributed by atoms with Crippen LogP contribution in [0.25, 0.3) is 6.08 Å². The van der Waals surface area contributed by atoms with Crippen LogP contribution in [0.3, 0.4) is 0 Å². The highest BCUT2D eigenvalue weighted by Gasteiger charge is 2.42. The molecule has 0 aliphatic heterocycles. The van der Waals surface area contributed by atoms with Crippen molar-refractivity contribution in [1.29, 1.82) is 0 Å². The third kappa shape index (κ3) is 12.1. The number of ether oxygens (including phenoxy) is 1. The van der Waals surface area contributed by atoms with Crippen LogP contribution in [0.1, 0.15) is 146 Å². The van der Waals surface area contributed by atoms with E-state index in [-0.39, 0.29) is 49.5 Å². The van der Waals surface area contributed by atoms with E-state index in [9.17, 15) is 30.6 Å². The molecule has 0 saturated heterocycles. The fraction of sp³-hybridized carbons (Fsp3) is 0.577. The van der Waals surface area contributed by atoms with Crippen molar-refractivity contribution in [2.45, 2.75) is 146 Å². The number of aliphatic hydroxyl groups is 5. The first kappa shape index (κ1) is 48.0. The minimum absolute atomic E-state index is 0.000283. The molecule has 9 atom stereocenters. The molecule has 9 unspecified atom stereocenters. The van der Waals surface area contributed by atoms with Crippen LogP contribution in [0, 0.1) is 17.8 Å². The van der Waals surface area contributed by atoms with Crippen molar-refractivity contribution in [3.05, 3.63) is 111 Å². The maximum absolute atomic E-state index is 11.4. The average molecular weight is 883 g/mol. The van der Waals surface area contributed by atoms with Crippen molar-refractivity contribution in [3.8, 4) is 11.5 Å². The number of aryl methyl sites for hydroxylation is 4. The second-order valence-corrected chi connectivity index (χ2v) is 19.0. The highest BCUT2D eigenvalue weighted by molar-refractivity contribution is 5.59. The van der Waals surface area contributed by atoms with Crippen LogP contribution in [0.15, 0.2) is 59.0 Å². The molecule has 0 spiro atoms. The van der Waals surface area contributed by atoms with Crippen LogP contribution < -0.4 is 21.1 Å². The second-order valence-electron chi connectivity index (χ2n) is 19.0. The lowest BCUT2D eigenvalue weighted by Crippen LogP contribution is -2.47. The summed E-state index contributed by atoms with van der Waals surface area (Å²) in [5.74, 6) is 3.41. The van der Waals surface area contributed by atoms with E-state index in [0.29, 0.717) is 37.0 Å². The molecule has 3 aliphatic rings. The lowest BCUT2D eigenvalue weighted by molar-refractivity contribution is 0.103. The zero-order valence-corrected chi connectivity index (χ0v) is 38.0. The Balaban J connectivity index is 0.865. The first-order valence-corrected chi connectivity index (χ1v) is 24.0. The van der Waals surface area contributed by atoms with Gasteiger partial charge in [0.1, 0.15) is 24.2 Å². The zero-order chi connectivity index (χ0) is 45.2. The number of benzene rings is 2. The molecule has 1 saturated carbocycles. The maximum Gasteiger partial charge on any atom is 0.161 e. The van der Waals surface area contributed by atoms with E-state index < -0.39 is 18.3 Å². The number of phenols is 1. The number of nitrogens with two attached hydrogens (primary N) is 1. The summed E-state index contributed by atoms with van der Waals surface area (Å²) in [6.07, 6.45) is 15.5. The van der Waals surface area contributed by atoms with Crippen molar-refractivity contribution in [2.75, 3.05) is 26.7 Å². The number of phenolic OH excluding ortho intramolecular Hbond substituents is 1. The molecule has 4 aromatic rings. The van der Waals surface area contributed by atoms with Crippen molar-refractivity contribution in [2.24, 2.45) is 23.5 Å². The number of rotatable bonds is 24. The number of likely N-dealkylation sites (N-methyl/N-ethyl adjacent to an activating group) is 1. The molecule has 12 heteroatoms. The minimum atomic E-state index is -0.916. The van der Waals surface area contributed by atoms with Gasteiger partial charge in [0.25, 0.3) is 0 Å². The average Bonchev–Trinajstić information content (AvgIpc) is 4.03. The maximum atomic E-state index is 11.4. The number of H-pyrrole nitrogens is 1. The number of hydrogen-bond acceptors (Lipinski definition) is 11. The summed E-state index contributed by atoms with van der Waals surface area (Å²) in [6.45, 7) is 3.00. The van der Waals surface area contributed by atoms with E-state index in [0.717, 1.165) is 109 Å². The number of aromatic nitrogens is 1. The Morgan fingerprint density at radius 3 is 2.53 bits per heavy atom. The Labute approximate surface area is 379 Å². The van der Waals surface area contributed by atoms with E-state index >= 15 is 0 Å². The second kappa shape index (κ2) is 23.0. The van der Waals surface area contributed by atoms with Gasteiger partial charge in [-0.25, -0.2) is 0 Å². The number of aliphatic hydroxyl groups excluding tert-OH is 5. The number of furan rings is 1. The van der Waals surface area contributed by atoms with E-state index in [1.165, 1.54) is 30.5 Å². The van der Waals surface area contributed by atoms with Crippen LogP contribution in [0.4, 0.5) is 0 Å². The largest absolute Gasteiger partial charge is 0.504 e. The Kier molecular flexibility index (Phi) is 17.2. The van der Waals surface area contributed by atoms with E-state index in [4.69, 9.17) is 14.9 Å². The van der Waals surface area contributed by atoms with Gasteiger partial charge in [-0.05, 0) is 129 Å². The topological polar surface area (TPSA) is 210 Å². The Morgan fingerprint density at radius 2 is 1.73 bits per heavy atom. The number of hydrogen-bond donors (Lipinski definition) is 10. The SMILES string of the molecule is CNCC(NCC(C)O)C1c2cc(C(O)COc3cc(CCc4cc(CO)c(CCCCCCC(N)CC5C=Cc6cc(CO)ccc6C5O)o4)ccc3O)[nH]c2CCC2CCCC21. The smallest absolute Gasteiger partial charge is 0.161 e.